The summed E-state index contributed by atoms with van der Waals surface area (Å²) >= 11 is 0. The highest BCUT2D eigenvalue weighted by atomic mass is 28.1. The fourth-order valence-corrected chi connectivity index (χ4v) is 0.750. The third kappa shape index (κ3) is 1.10. The van der Waals surface area contributed by atoms with E-state index in [1.807, 2.05) is 6.07 Å². The van der Waals surface area contributed by atoms with Crippen LogP contribution in [0.15, 0.2) is 24.3 Å². The van der Waals surface area contributed by atoms with Crippen LogP contribution in [0.1, 0.15) is 0 Å². The second-order valence-electron chi connectivity index (χ2n) is 1.55. The third-order valence-electron chi connectivity index (χ3n) is 0.846. The second kappa shape index (κ2) is 2.00. The molecular formula is C6H5OSi. The number of hydrogen-bond donors (Lipinski definition) is 1. The highest BCUT2D eigenvalue weighted by molar-refractivity contribution is 6.32. The van der Waals surface area contributed by atoms with Crippen LogP contribution in [0.3, 0.4) is 0 Å². The van der Waals surface area contributed by atoms with Gasteiger partial charge < -0.3 is 5.11 Å². The molecule has 1 aromatic carbocycles. The van der Waals surface area contributed by atoms with Crippen molar-refractivity contribution in [2.45, 2.75) is 0 Å². The van der Waals surface area contributed by atoms with E-state index < -0.39 is 0 Å². The van der Waals surface area contributed by atoms with Gasteiger partial charge >= 0.3 is 0 Å². The molecule has 8 heavy (non-hydrogen) atoms. The van der Waals surface area contributed by atoms with E-state index in [1.165, 1.54) is 0 Å². The largest absolute Gasteiger partial charge is 0.508 e. The van der Waals surface area contributed by atoms with Crippen LogP contribution in [-0.4, -0.2) is 15.3 Å². The zero-order valence-electron chi connectivity index (χ0n) is 4.26. The van der Waals surface area contributed by atoms with E-state index in [4.69, 9.17) is 5.11 Å². The molecule has 0 aliphatic rings. The highest BCUT2D eigenvalue weighted by Gasteiger charge is 1.83. The van der Waals surface area contributed by atoms with Gasteiger partial charge in [-0.2, -0.15) is 0 Å². The van der Waals surface area contributed by atoms with Crippen LogP contribution < -0.4 is 5.19 Å². The van der Waals surface area contributed by atoms with Crippen molar-refractivity contribution in [2.75, 3.05) is 0 Å². The molecule has 1 aromatic rings. The van der Waals surface area contributed by atoms with Crippen molar-refractivity contribution in [2.24, 2.45) is 0 Å². The smallest absolute Gasteiger partial charge is 0.115 e. The fourth-order valence-electron chi connectivity index (χ4n) is 0.506. The van der Waals surface area contributed by atoms with E-state index in [-0.39, 0.29) is 5.75 Å². The van der Waals surface area contributed by atoms with Gasteiger partial charge in [-0.05, 0) is 12.1 Å². The van der Waals surface area contributed by atoms with Gasteiger partial charge in [-0.15, -0.1) is 0 Å². The van der Waals surface area contributed by atoms with Gasteiger partial charge in [-0.1, -0.05) is 17.3 Å². The summed E-state index contributed by atoms with van der Waals surface area (Å²) in [6.45, 7) is 0. The molecule has 1 N–H and O–H groups in total. The lowest BCUT2D eigenvalue weighted by atomic mass is 10.3. The lowest BCUT2D eigenvalue weighted by Gasteiger charge is -1.89. The Morgan fingerprint density at radius 2 is 2.12 bits per heavy atom. The number of benzene rings is 1. The summed E-state index contributed by atoms with van der Waals surface area (Å²) < 4.78 is 0. The number of aromatic hydroxyl groups is 1. The maximum atomic E-state index is 8.78. The molecule has 0 fully saturated rings. The highest BCUT2D eigenvalue weighted by Crippen LogP contribution is 2.00. The Kier molecular flexibility index (Phi) is 1.35. The molecule has 0 saturated heterocycles. The summed E-state index contributed by atoms with van der Waals surface area (Å²) in [5.41, 5.74) is 0. The van der Waals surface area contributed by atoms with Gasteiger partial charge in [0.05, 0.1) is 10.2 Å². The normalized spacial score (nSPS) is 9.12. The van der Waals surface area contributed by atoms with Crippen molar-refractivity contribution < 1.29 is 5.11 Å². The van der Waals surface area contributed by atoms with E-state index >= 15 is 0 Å². The molecule has 0 aromatic heterocycles. The molecule has 39 valence electrons. The average molecular weight is 121 g/mol. The third-order valence-corrected chi connectivity index (χ3v) is 1.16. The molecule has 0 heterocycles. The van der Waals surface area contributed by atoms with Gasteiger partial charge in [0, 0.05) is 0 Å². The molecule has 1 nitrogen and oxygen atoms in total. The Balaban J connectivity index is 3.08. The molecule has 2 heteroatoms. The number of rotatable bonds is 0. The molecular weight excluding hydrogens is 116 g/mol. The summed E-state index contributed by atoms with van der Waals surface area (Å²) in [5, 5.41) is 9.68. The summed E-state index contributed by atoms with van der Waals surface area (Å²) in [7, 11) is 3.25. The Bertz CT molecular complexity index is 168. The summed E-state index contributed by atoms with van der Waals surface area (Å²) in [5.74, 6) is 0.289. The Labute approximate surface area is 51.4 Å². The van der Waals surface area contributed by atoms with Gasteiger partial charge in [-0.25, -0.2) is 0 Å². The molecule has 0 saturated carbocycles. The maximum absolute atomic E-state index is 8.78. The van der Waals surface area contributed by atoms with E-state index in [1.54, 1.807) is 18.2 Å². The molecule has 1 rings (SSSR count). The minimum absolute atomic E-state index is 0.289. The van der Waals surface area contributed by atoms with Crippen LogP contribution in [-0.2, 0) is 0 Å². The fraction of sp³-hybridized carbons (Fsp3) is 0. The predicted octanol–water partition coefficient (Wildman–Crippen LogP) is 0.186. The van der Waals surface area contributed by atoms with Crippen LogP contribution in [0.4, 0.5) is 0 Å². The minimum Gasteiger partial charge on any atom is -0.508 e. The number of phenols is 1. The first-order chi connectivity index (χ1) is 3.79. The van der Waals surface area contributed by atoms with Crippen molar-refractivity contribution >= 4 is 15.4 Å². The van der Waals surface area contributed by atoms with E-state index in [9.17, 15) is 0 Å². The molecule has 0 aliphatic carbocycles. The van der Waals surface area contributed by atoms with Crippen LogP contribution in [0.2, 0.25) is 0 Å². The van der Waals surface area contributed by atoms with Crippen molar-refractivity contribution in [3.8, 4) is 5.75 Å². The summed E-state index contributed by atoms with van der Waals surface area (Å²) in [6, 6.07) is 6.90. The summed E-state index contributed by atoms with van der Waals surface area (Å²) in [4.78, 5) is 0. The number of phenolic OH excluding ortho intramolecular Hbond substituents is 1. The zero-order valence-corrected chi connectivity index (χ0v) is 5.26. The van der Waals surface area contributed by atoms with E-state index in [0.717, 1.165) is 5.19 Å². The zero-order chi connectivity index (χ0) is 5.98. The van der Waals surface area contributed by atoms with Crippen LogP contribution >= 0.6 is 0 Å². The molecule has 3 radical (unpaired) electrons. The van der Waals surface area contributed by atoms with Gasteiger partial charge in [0.1, 0.15) is 5.75 Å². The Morgan fingerprint density at radius 3 is 2.50 bits per heavy atom. The maximum Gasteiger partial charge on any atom is 0.115 e. The van der Waals surface area contributed by atoms with Gasteiger partial charge in [0.2, 0.25) is 0 Å². The molecule has 0 atom stereocenters. The Hall–Kier alpha value is -0.763. The lowest BCUT2D eigenvalue weighted by Crippen LogP contribution is -1.97. The number of hydrogen-bond acceptors (Lipinski definition) is 1. The van der Waals surface area contributed by atoms with Gasteiger partial charge in [0.25, 0.3) is 0 Å². The van der Waals surface area contributed by atoms with Crippen molar-refractivity contribution in [3.63, 3.8) is 0 Å². The first-order valence-electron chi connectivity index (χ1n) is 2.29. The quantitative estimate of drug-likeness (QED) is 0.486. The first kappa shape index (κ1) is 5.38. The Morgan fingerprint density at radius 1 is 1.38 bits per heavy atom. The van der Waals surface area contributed by atoms with Crippen LogP contribution in [0, 0.1) is 0 Å². The van der Waals surface area contributed by atoms with Crippen molar-refractivity contribution in [1.29, 1.82) is 0 Å². The predicted molar refractivity (Wildman–Crippen MR) is 33.5 cm³/mol. The SMILES string of the molecule is Oc1cccc([Si])c1. The van der Waals surface area contributed by atoms with Crippen molar-refractivity contribution in [1.82, 2.24) is 0 Å². The second-order valence-corrected chi connectivity index (χ2v) is 2.13. The molecule has 0 spiro atoms. The molecule has 0 bridgehead atoms. The molecule has 0 amide bonds. The van der Waals surface area contributed by atoms with Crippen LogP contribution in [0.25, 0.3) is 0 Å². The topological polar surface area (TPSA) is 20.2 Å². The average Bonchev–Trinajstić information content (AvgIpc) is 1.64. The van der Waals surface area contributed by atoms with E-state index in [0.29, 0.717) is 0 Å². The lowest BCUT2D eigenvalue weighted by molar-refractivity contribution is 0.476. The minimum atomic E-state index is 0.289. The van der Waals surface area contributed by atoms with Gasteiger partial charge in [0.15, 0.2) is 0 Å². The van der Waals surface area contributed by atoms with Gasteiger partial charge in [-0.3, -0.25) is 0 Å². The first-order valence-corrected chi connectivity index (χ1v) is 2.79. The van der Waals surface area contributed by atoms with Crippen molar-refractivity contribution in [3.05, 3.63) is 24.3 Å². The van der Waals surface area contributed by atoms with E-state index in [2.05, 4.69) is 10.2 Å². The van der Waals surface area contributed by atoms with Crippen LogP contribution in [0.5, 0.6) is 5.75 Å². The molecule has 0 unspecified atom stereocenters. The monoisotopic (exact) mass is 121 g/mol. The molecule has 0 aliphatic heterocycles. The standard InChI is InChI=1S/C6H5OSi/c7-5-2-1-3-6(8)4-5/h1-4,7H. The summed E-state index contributed by atoms with van der Waals surface area (Å²) in [6.07, 6.45) is 0.